The van der Waals surface area contributed by atoms with Gasteiger partial charge in [0.1, 0.15) is 10.6 Å². The first-order chi connectivity index (χ1) is 4.31. The van der Waals surface area contributed by atoms with Crippen LogP contribution < -0.4 is 0 Å². The second kappa shape index (κ2) is 1.55. The molecule has 0 amide bonds. The lowest BCUT2D eigenvalue weighted by atomic mass is 10.2. The Labute approximate surface area is 57.5 Å². The van der Waals surface area contributed by atoms with Crippen LogP contribution in [0.3, 0.4) is 0 Å². The zero-order chi connectivity index (χ0) is 6.32. The molecule has 0 spiro atoms. The first-order valence-electron chi connectivity index (χ1n) is 2.85. The van der Waals surface area contributed by atoms with Crippen molar-refractivity contribution < 1.29 is 4.74 Å². The molecule has 2 rings (SSSR count). The van der Waals surface area contributed by atoms with Crippen LogP contribution >= 0.6 is 11.3 Å². The van der Waals surface area contributed by atoms with Gasteiger partial charge in [-0.3, -0.25) is 0 Å². The maximum atomic E-state index is 5.19. The highest BCUT2D eigenvalue weighted by Crippen LogP contribution is 2.38. The number of aromatic nitrogens is 1. The highest BCUT2D eigenvalue weighted by Gasteiger charge is 2.43. The van der Waals surface area contributed by atoms with Gasteiger partial charge in [-0.05, 0) is 6.92 Å². The Kier molecular flexibility index (Phi) is 0.926. The van der Waals surface area contributed by atoms with Gasteiger partial charge in [-0.1, -0.05) is 0 Å². The minimum atomic E-state index is -0.0197. The number of epoxide rings is 1. The molecule has 1 aromatic rings. The van der Waals surface area contributed by atoms with E-state index in [1.165, 1.54) is 0 Å². The van der Waals surface area contributed by atoms with Crippen LogP contribution in [0.5, 0.6) is 0 Å². The summed E-state index contributed by atoms with van der Waals surface area (Å²) in [6, 6.07) is 0. The monoisotopic (exact) mass is 141 g/mol. The molecule has 0 radical (unpaired) electrons. The zero-order valence-corrected chi connectivity index (χ0v) is 5.94. The van der Waals surface area contributed by atoms with Crippen molar-refractivity contribution in [1.82, 2.24) is 4.98 Å². The fourth-order valence-electron chi connectivity index (χ4n) is 0.716. The molecule has 0 aromatic carbocycles. The number of ether oxygens (including phenoxy) is 1. The molecule has 1 atom stereocenters. The average molecular weight is 141 g/mol. The van der Waals surface area contributed by atoms with Crippen molar-refractivity contribution in [2.24, 2.45) is 0 Å². The predicted molar refractivity (Wildman–Crippen MR) is 35.4 cm³/mol. The highest BCUT2D eigenvalue weighted by atomic mass is 32.1. The van der Waals surface area contributed by atoms with E-state index in [0.29, 0.717) is 0 Å². The predicted octanol–water partition coefficient (Wildman–Crippen LogP) is 1.39. The number of rotatable bonds is 1. The molecule has 1 unspecified atom stereocenters. The maximum Gasteiger partial charge on any atom is 0.140 e. The molecular weight excluding hydrogens is 134 g/mol. The molecule has 9 heavy (non-hydrogen) atoms. The molecule has 1 saturated heterocycles. The van der Waals surface area contributed by atoms with Crippen LogP contribution in [-0.2, 0) is 10.3 Å². The lowest BCUT2D eigenvalue weighted by molar-refractivity contribution is 0.329. The summed E-state index contributed by atoms with van der Waals surface area (Å²) >= 11 is 1.66. The van der Waals surface area contributed by atoms with Gasteiger partial charge in [-0.25, -0.2) is 4.98 Å². The molecule has 48 valence electrons. The number of hydrogen-bond donors (Lipinski definition) is 0. The number of thiazole rings is 1. The molecule has 0 aliphatic carbocycles. The SMILES string of the molecule is CC1(c2nccs2)CO1. The molecule has 0 bridgehead atoms. The molecule has 2 heterocycles. The van der Waals surface area contributed by atoms with Gasteiger partial charge in [-0.15, -0.1) is 11.3 Å². The minimum absolute atomic E-state index is 0.0197. The van der Waals surface area contributed by atoms with Crippen LogP contribution in [0.4, 0.5) is 0 Å². The third-order valence-electron chi connectivity index (χ3n) is 1.46. The van der Waals surface area contributed by atoms with Gasteiger partial charge in [0.05, 0.1) is 6.61 Å². The minimum Gasteiger partial charge on any atom is -0.362 e. The van der Waals surface area contributed by atoms with E-state index in [4.69, 9.17) is 4.74 Å². The lowest BCUT2D eigenvalue weighted by Gasteiger charge is -1.95. The van der Waals surface area contributed by atoms with Crippen molar-refractivity contribution in [3.8, 4) is 0 Å². The Bertz CT molecular complexity index is 203. The van der Waals surface area contributed by atoms with E-state index in [0.717, 1.165) is 11.6 Å². The summed E-state index contributed by atoms with van der Waals surface area (Å²) in [4.78, 5) is 4.14. The van der Waals surface area contributed by atoms with Crippen LogP contribution in [0.2, 0.25) is 0 Å². The van der Waals surface area contributed by atoms with Crippen LogP contribution in [0.15, 0.2) is 11.6 Å². The summed E-state index contributed by atoms with van der Waals surface area (Å²) in [5.41, 5.74) is -0.0197. The average Bonchev–Trinajstić information content (AvgIpc) is 2.46. The Balaban J connectivity index is 2.34. The third-order valence-corrected chi connectivity index (χ3v) is 2.48. The fourth-order valence-corrected chi connectivity index (χ4v) is 1.46. The normalized spacial score (nSPS) is 32.6. The lowest BCUT2D eigenvalue weighted by Crippen LogP contribution is -1.99. The Morgan fingerprint density at radius 3 is 3.11 bits per heavy atom. The zero-order valence-electron chi connectivity index (χ0n) is 5.13. The second-order valence-corrected chi connectivity index (χ2v) is 3.25. The van der Waals surface area contributed by atoms with E-state index in [9.17, 15) is 0 Å². The molecule has 1 aromatic heterocycles. The van der Waals surface area contributed by atoms with E-state index in [1.807, 2.05) is 11.6 Å². The Hall–Kier alpha value is -0.410. The van der Waals surface area contributed by atoms with Gasteiger partial charge < -0.3 is 4.74 Å². The van der Waals surface area contributed by atoms with Gasteiger partial charge in [0.25, 0.3) is 0 Å². The number of nitrogens with zero attached hydrogens (tertiary/aromatic N) is 1. The van der Waals surface area contributed by atoms with Gasteiger partial charge in [0, 0.05) is 11.6 Å². The summed E-state index contributed by atoms with van der Waals surface area (Å²) in [7, 11) is 0. The first-order valence-corrected chi connectivity index (χ1v) is 3.73. The summed E-state index contributed by atoms with van der Waals surface area (Å²) in [5.74, 6) is 0. The molecule has 0 N–H and O–H groups in total. The van der Waals surface area contributed by atoms with Crippen molar-refractivity contribution in [2.45, 2.75) is 12.5 Å². The number of hydrogen-bond acceptors (Lipinski definition) is 3. The third kappa shape index (κ3) is 0.767. The highest BCUT2D eigenvalue weighted by molar-refractivity contribution is 7.09. The molecule has 1 fully saturated rings. The topological polar surface area (TPSA) is 25.4 Å². The van der Waals surface area contributed by atoms with Crippen molar-refractivity contribution in [3.63, 3.8) is 0 Å². The molecule has 3 heteroatoms. The van der Waals surface area contributed by atoms with Gasteiger partial charge in [0.15, 0.2) is 0 Å². The van der Waals surface area contributed by atoms with E-state index in [1.54, 1.807) is 11.3 Å². The van der Waals surface area contributed by atoms with Gasteiger partial charge in [0.2, 0.25) is 0 Å². The smallest absolute Gasteiger partial charge is 0.140 e. The van der Waals surface area contributed by atoms with E-state index in [2.05, 4.69) is 11.9 Å². The summed E-state index contributed by atoms with van der Waals surface area (Å²) in [6.07, 6.45) is 1.81. The van der Waals surface area contributed by atoms with Crippen molar-refractivity contribution in [2.75, 3.05) is 6.61 Å². The van der Waals surface area contributed by atoms with E-state index < -0.39 is 0 Å². The second-order valence-electron chi connectivity index (χ2n) is 2.36. The van der Waals surface area contributed by atoms with Gasteiger partial charge in [-0.2, -0.15) is 0 Å². The first kappa shape index (κ1) is 5.38. The van der Waals surface area contributed by atoms with Crippen LogP contribution in [0.1, 0.15) is 11.9 Å². The van der Waals surface area contributed by atoms with E-state index in [-0.39, 0.29) is 5.60 Å². The Morgan fingerprint density at radius 2 is 2.67 bits per heavy atom. The maximum absolute atomic E-state index is 5.19. The van der Waals surface area contributed by atoms with Crippen LogP contribution in [0, 0.1) is 0 Å². The Morgan fingerprint density at radius 1 is 1.89 bits per heavy atom. The molecular formula is C6H7NOS. The largest absolute Gasteiger partial charge is 0.362 e. The van der Waals surface area contributed by atoms with Gasteiger partial charge >= 0.3 is 0 Å². The van der Waals surface area contributed by atoms with Crippen molar-refractivity contribution in [1.29, 1.82) is 0 Å². The van der Waals surface area contributed by atoms with Crippen molar-refractivity contribution >= 4 is 11.3 Å². The summed E-state index contributed by atoms with van der Waals surface area (Å²) in [5, 5.41) is 3.07. The van der Waals surface area contributed by atoms with E-state index >= 15 is 0 Å². The quantitative estimate of drug-likeness (QED) is 0.552. The van der Waals surface area contributed by atoms with Crippen molar-refractivity contribution in [3.05, 3.63) is 16.6 Å². The fraction of sp³-hybridized carbons (Fsp3) is 0.500. The molecule has 0 saturated carbocycles. The van der Waals surface area contributed by atoms with Crippen LogP contribution in [-0.4, -0.2) is 11.6 Å². The summed E-state index contributed by atoms with van der Waals surface area (Å²) in [6.45, 7) is 2.90. The molecule has 1 aliphatic rings. The van der Waals surface area contributed by atoms with Crippen LogP contribution in [0.25, 0.3) is 0 Å². The summed E-state index contributed by atoms with van der Waals surface area (Å²) < 4.78 is 5.19. The molecule has 2 nitrogen and oxygen atoms in total. The molecule has 1 aliphatic heterocycles. The standard InChI is InChI=1S/C6H7NOS/c1-6(4-8-6)5-7-2-3-9-5/h2-3H,4H2,1H3.